The fourth-order valence-corrected chi connectivity index (χ4v) is 3.42. The Morgan fingerprint density at radius 2 is 1.39 bits per heavy atom. The van der Waals surface area contributed by atoms with Crippen LogP contribution in [0.1, 0.15) is 5.56 Å². The molecule has 0 unspecified atom stereocenters. The molecule has 0 saturated carbocycles. The molecule has 0 aliphatic carbocycles. The summed E-state index contributed by atoms with van der Waals surface area (Å²) in [5, 5.41) is 0. The number of sulfone groups is 1. The molecule has 2 nitrogen and oxygen atoms in total. The minimum Gasteiger partial charge on any atom is -0.218 e. The van der Waals surface area contributed by atoms with Gasteiger partial charge in [0.15, 0.2) is 0 Å². The predicted molar refractivity (Wildman–Crippen MR) is 73.9 cm³/mol. The molecule has 2 aromatic carbocycles. The lowest BCUT2D eigenvalue weighted by atomic mass is 10.2. The fourth-order valence-electron chi connectivity index (χ4n) is 1.61. The SMILES string of the molecule is O=S(=O)(/C(=C\Cl)c1ccccc1)c1ccccc1. The van der Waals surface area contributed by atoms with Gasteiger partial charge in [0.2, 0.25) is 9.84 Å². The van der Waals surface area contributed by atoms with E-state index >= 15 is 0 Å². The van der Waals surface area contributed by atoms with Crippen molar-refractivity contribution < 1.29 is 8.42 Å². The van der Waals surface area contributed by atoms with Crippen molar-refractivity contribution in [1.82, 2.24) is 0 Å². The van der Waals surface area contributed by atoms with E-state index in [-0.39, 0.29) is 9.80 Å². The maximum atomic E-state index is 12.4. The Morgan fingerprint density at radius 3 is 1.89 bits per heavy atom. The maximum Gasteiger partial charge on any atom is 0.208 e. The van der Waals surface area contributed by atoms with Gasteiger partial charge in [-0.2, -0.15) is 0 Å². The van der Waals surface area contributed by atoms with Crippen LogP contribution in [0, 0.1) is 0 Å². The van der Waals surface area contributed by atoms with Crippen LogP contribution in [0.2, 0.25) is 0 Å². The summed E-state index contributed by atoms with van der Waals surface area (Å²) in [7, 11) is -3.58. The Morgan fingerprint density at radius 1 is 0.889 bits per heavy atom. The second-order valence-corrected chi connectivity index (χ2v) is 5.79. The average molecular weight is 279 g/mol. The molecule has 0 atom stereocenters. The third-order valence-electron chi connectivity index (χ3n) is 2.50. The second-order valence-electron chi connectivity index (χ2n) is 3.66. The van der Waals surface area contributed by atoms with Crippen LogP contribution in [0.25, 0.3) is 4.91 Å². The highest BCUT2D eigenvalue weighted by Gasteiger charge is 2.21. The van der Waals surface area contributed by atoms with Crippen LogP contribution in [0.5, 0.6) is 0 Å². The van der Waals surface area contributed by atoms with Crippen LogP contribution >= 0.6 is 11.6 Å². The third kappa shape index (κ3) is 2.47. The minimum absolute atomic E-state index is 0.107. The second kappa shape index (κ2) is 5.38. The monoisotopic (exact) mass is 278 g/mol. The highest BCUT2D eigenvalue weighted by atomic mass is 35.5. The van der Waals surface area contributed by atoms with Crippen molar-refractivity contribution in [3.63, 3.8) is 0 Å². The van der Waals surface area contributed by atoms with E-state index in [9.17, 15) is 8.42 Å². The summed E-state index contributed by atoms with van der Waals surface area (Å²) < 4.78 is 24.8. The van der Waals surface area contributed by atoms with E-state index in [0.29, 0.717) is 5.56 Å². The Labute approximate surface area is 111 Å². The van der Waals surface area contributed by atoms with Gasteiger partial charge in [-0.25, -0.2) is 8.42 Å². The molecule has 0 fully saturated rings. The molecule has 0 saturated heterocycles. The first-order valence-electron chi connectivity index (χ1n) is 5.32. The lowest BCUT2D eigenvalue weighted by Crippen LogP contribution is -2.03. The predicted octanol–water partition coefficient (Wildman–Crippen LogP) is 3.70. The van der Waals surface area contributed by atoms with Gasteiger partial charge in [-0.05, 0) is 17.7 Å². The standard InChI is InChI=1S/C14H11ClO2S/c15-11-14(12-7-3-1-4-8-12)18(16,17)13-9-5-2-6-10-13/h1-11H/b14-11-. The molecular formula is C14H11ClO2S. The molecule has 0 spiro atoms. The molecule has 0 radical (unpaired) electrons. The summed E-state index contributed by atoms with van der Waals surface area (Å²) >= 11 is 5.70. The van der Waals surface area contributed by atoms with Gasteiger partial charge in [0.1, 0.15) is 0 Å². The zero-order chi connectivity index (χ0) is 13.0. The molecular weight excluding hydrogens is 268 g/mol. The van der Waals surface area contributed by atoms with Crippen molar-refractivity contribution in [2.75, 3.05) is 0 Å². The van der Waals surface area contributed by atoms with E-state index < -0.39 is 9.84 Å². The number of rotatable bonds is 3. The number of halogens is 1. The molecule has 4 heteroatoms. The van der Waals surface area contributed by atoms with E-state index in [0.717, 1.165) is 5.54 Å². The van der Waals surface area contributed by atoms with Crippen LogP contribution in [0.3, 0.4) is 0 Å². The molecule has 0 aliphatic heterocycles. The molecule has 0 amide bonds. The van der Waals surface area contributed by atoms with Crippen LogP contribution < -0.4 is 0 Å². The largest absolute Gasteiger partial charge is 0.218 e. The molecule has 0 aliphatic rings. The fraction of sp³-hybridized carbons (Fsp3) is 0. The van der Waals surface area contributed by atoms with Crippen molar-refractivity contribution in [3.8, 4) is 0 Å². The van der Waals surface area contributed by atoms with E-state index in [1.165, 1.54) is 0 Å². The van der Waals surface area contributed by atoms with Gasteiger partial charge in [0.05, 0.1) is 9.80 Å². The van der Waals surface area contributed by atoms with Gasteiger partial charge in [-0.15, -0.1) is 0 Å². The van der Waals surface area contributed by atoms with Gasteiger partial charge >= 0.3 is 0 Å². The highest BCUT2D eigenvalue weighted by molar-refractivity contribution is 8.00. The Hall–Kier alpha value is -1.58. The first-order chi connectivity index (χ1) is 8.66. The van der Waals surface area contributed by atoms with Crippen molar-refractivity contribution in [1.29, 1.82) is 0 Å². The summed E-state index contributed by atoms with van der Waals surface area (Å²) in [6, 6.07) is 17.1. The molecule has 2 aromatic rings. The molecule has 0 heterocycles. The Balaban J connectivity index is 2.54. The minimum atomic E-state index is -3.58. The summed E-state index contributed by atoms with van der Waals surface area (Å²) in [4.78, 5) is 0.344. The Kier molecular flexibility index (Phi) is 3.84. The lowest BCUT2D eigenvalue weighted by Gasteiger charge is -2.08. The molecule has 2 rings (SSSR count). The van der Waals surface area contributed by atoms with Gasteiger partial charge in [-0.1, -0.05) is 60.1 Å². The topological polar surface area (TPSA) is 34.1 Å². The molecule has 0 aromatic heterocycles. The van der Waals surface area contributed by atoms with E-state index in [2.05, 4.69) is 0 Å². The van der Waals surface area contributed by atoms with Crippen LogP contribution in [-0.2, 0) is 9.84 Å². The van der Waals surface area contributed by atoms with Crippen molar-refractivity contribution in [2.24, 2.45) is 0 Å². The van der Waals surface area contributed by atoms with Gasteiger partial charge in [-0.3, -0.25) is 0 Å². The molecule has 18 heavy (non-hydrogen) atoms. The summed E-state index contributed by atoms with van der Waals surface area (Å²) in [6.45, 7) is 0. The van der Waals surface area contributed by atoms with Gasteiger partial charge in [0, 0.05) is 5.54 Å². The average Bonchev–Trinajstić information content (AvgIpc) is 2.41. The molecule has 0 bridgehead atoms. The quantitative estimate of drug-likeness (QED) is 0.858. The van der Waals surface area contributed by atoms with E-state index in [4.69, 9.17) is 11.6 Å². The smallest absolute Gasteiger partial charge is 0.208 e. The maximum absolute atomic E-state index is 12.4. The zero-order valence-corrected chi connectivity index (χ0v) is 11.0. The molecule has 92 valence electrons. The van der Waals surface area contributed by atoms with Gasteiger partial charge in [0.25, 0.3) is 0 Å². The van der Waals surface area contributed by atoms with Crippen LogP contribution in [0.4, 0.5) is 0 Å². The number of benzene rings is 2. The van der Waals surface area contributed by atoms with Crippen LogP contribution in [0.15, 0.2) is 71.1 Å². The number of hydrogen-bond donors (Lipinski definition) is 0. The third-order valence-corrected chi connectivity index (χ3v) is 4.67. The van der Waals surface area contributed by atoms with Gasteiger partial charge < -0.3 is 0 Å². The summed E-state index contributed by atoms with van der Waals surface area (Å²) in [5.41, 5.74) is 1.69. The highest BCUT2D eigenvalue weighted by Crippen LogP contribution is 2.28. The van der Waals surface area contributed by atoms with Crippen molar-refractivity contribution >= 4 is 26.3 Å². The Bertz CT molecular complexity index is 647. The normalized spacial score (nSPS) is 12.4. The lowest BCUT2D eigenvalue weighted by molar-refractivity contribution is 0.606. The first-order valence-corrected chi connectivity index (χ1v) is 7.24. The summed E-state index contributed by atoms with van der Waals surface area (Å²) in [5.74, 6) is 0. The van der Waals surface area contributed by atoms with E-state index in [1.54, 1.807) is 54.6 Å². The first kappa shape index (κ1) is 12.9. The zero-order valence-electron chi connectivity index (χ0n) is 9.45. The van der Waals surface area contributed by atoms with Crippen molar-refractivity contribution in [2.45, 2.75) is 4.90 Å². The van der Waals surface area contributed by atoms with E-state index in [1.807, 2.05) is 6.07 Å². The summed E-state index contributed by atoms with van der Waals surface area (Å²) in [6.07, 6.45) is 0. The van der Waals surface area contributed by atoms with Crippen molar-refractivity contribution in [3.05, 3.63) is 71.8 Å². The van der Waals surface area contributed by atoms with Crippen LogP contribution in [-0.4, -0.2) is 8.42 Å². The molecule has 0 N–H and O–H groups in total. The number of hydrogen-bond acceptors (Lipinski definition) is 2.